The predicted octanol–water partition coefficient (Wildman–Crippen LogP) is 12.8. The van der Waals surface area contributed by atoms with E-state index in [2.05, 4.69) is 162 Å². The molecule has 3 nitrogen and oxygen atoms in total. The minimum absolute atomic E-state index is 0.306. The van der Waals surface area contributed by atoms with Crippen molar-refractivity contribution in [2.45, 2.75) is 11.8 Å². The van der Waals surface area contributed by atoms with E-state index in [0.717, 1.165) is 33.6 Å². The second-order valence-corrected chi connectivity index (χ2v) is 13.9. The highest BCUT2D eigenvalue weighted by molar-refractivity contribution is 5.97. The van der Waals surface area contributed by atoms with Crippen LogP contribution in [0.15, 0.2) is 201 Å². The number of pyridine rings is 3. The van der Waals surface area contributed by atoms with Gasteiger partial charge in [-0.05, 0) is 109 Å². The topological polar surface area (TPSA) is 38.7 Å². The summed E-state index contributed by atoms with van der Waals surface area (Å²) in [5.74, 6) is 0.647. The molecule has 8 aromatic rings. The third kappa shape index (κ3) is 5.58. The Kier molecular flexibility index (Phi) is 7.96. The maximum atomic E-state index is 5.12. The fourth-order valence-corrected chi connectivity index (χ4v) is 8.41. The highest BCUT2D eigenvalue weighted by atomic mass is 14.7. The van der Waals surface area contributed by atoms with Gasteiger partial charge in [0.25, 0.3) is 0 Å². The van der Waals surface area contributed by atoms with Gasteiger partial charge in [-0.15, -0.1) is 0 Å². The summed E-state index contributed by atoms with van der Waals surface area (Å²) in [5, 5.41) is 0. The Balaban J connectivity index is 1.12. The molecule has 2 aliphatic carbocycles. The van der Waals surface area contributed by atoms with E-state index in [1.54, 1.807) is 0 Å². The molecule has 0 amide bonds. The van der Waals surface area contributed by atoms with Gasteiger partial charge >= 0.3 is 0 Å². The van der Waals surface area contributed by atoms with Crippen LogP contribution < -0.4 is 0 Å². The van der Waals surface area contributed by atoms with Gasteiger partial charge in [-0.1, -0.05) is 133 Å². The van der Waals surface area contributed by atoms with E-state index in [1.165, 1.54) is 55.6 Å². The van der Waals surface area contributed by atoms with Crippen LogP contribution in [0.2, 0.25) is 0 Å². The molecule has 10 rings (SSSR count). The average Bonchev–Trinajstić information content (AvgIpc) is 3.27. The van der Waals surface area contributed by atoms with Gasteiger partial charge in [0.05, 0.1) is 11.4 Å². The lowest BCUT2D eigenvalue weighted by Crippen LogP contribution is -2.16. The number of rotatable bonds is 6. The number of fused-ring (bicyclic) bond motifs is 6. The van der Waals surface area contributed by atoms with Crippen LogP contribution >= 0.6 is 0 Å². The first-order valence-electron chi connectivity index (χ1n) is 18.5. The molecule has 5 aromatic carbocycles. The molecule has 0 aliphatic heterocycles. The quantitative estimate of drug-likeness (QED) is 0.174. The molecule has 0 N–H and O–H groups in total. The van der Waals surface area contributed by atoms with Gasteiger partial charge < -0.3 is 0 Å². The summed E-state index contributed by atoms with van der Waals surface area (Å²) in [4.78, 5) is 13.6. The minimum Gasteiger partial charge on any atom is -0.265 e. The van der Waals surface area contributed by atoms with Crippen LogP contribution in [-0.2, 0) is 0 Å². The molecule has 0 bridgehead atoms. The van der Waals surface area contributed by atoms with Gasteiger partial charge in [0, 0.05) is 47.8 Å². The van der Waals surface area contributed by atoms with E-state index in [9.17, 15) is 0 Å². The number of benzene rings is 5. The Morgan fingerprint density at radius 3 is 1.30 bits per heavy atom. The average molecular weight is 690 g/mol. The first-order chi connectivity index (χ1) is 26.8. The van der Waals surface area contributed by atoms with Crippen molar-refractivity contribution in [3.63, 3.8) is 0 Å². The molecule has 3 heterocycles. The molecule has 3 heteroatoms. The van der Waals surface area contributed by atoms with Gasteiger partial charge in [0.1, 0.15) is 0 Å². The Labute approximate surface area is 315 Å². The maximum Gasteiger partial charge on any atom is 0.0716 e. The van der Waals surface area contributed by atoms with Crippen molar-refractivity contribution in [1.82, 2.24) is 15.0 Å². The van der Waals surface area contributed by atoms with Crippen molar-refractivity contribution in [2.75, 3.05) is 0 Å². The van der Waals surface area contributed by atoms with Crippen LogP contribution in [0, 0.1) is 0 Å². The molecule has 2 atom stereocenters. The van der Waals surface area contributed by atoms with Crippen molar-refractivity contribution < 1.29 is 0 Å². The monoisotopic (exact) mass is 689 g/mol. The summed E-state index contributed by atoms with van der Waals surface area (Å²) >= 11 is 0. The van der Waals surface area contributed by atoms with Crippen molar-refractivity contribution in [1.29, 1.82) is 0 Å². The van der Waals surface area contributed by atoms with Crippen molar-refractivity contribution in [3.8, 4) is 78.1 Å². The Morgan fingerprint density at radius 1 is 0.315 bits per heavy atom. The smallest absolute Gasteiger partial charge is 0.0716 e. The first kappa shape index (κ1) is 31.7. The van der Waals surface area contributed by atoms with Crippen molar-refractivity contribution in [3.05, 3.63) is 212 Å². The van der Waals surface area contributed by atoms with Crippen LogP contribution in [0.1, 0.15) is 23.0 Å². The number of hydrogen-bond acceptors (Lipinski definition) is 3. The van der Waals surface area contributed by atoms with Crippen LogP contribution in [-0.4, -0.2) is 15.0 Å². The molecule has 2 unspecified atom stereocenters. The third-order valence-electron chi connectivity index (χ3n) is 10.9. The second kappa shape index (κ2) is 13.5. The minimum atomic E-state index is 0.306. The molecule has 0 saturated heterocycles. The summed E-state index contributed by atoms with van der Waals surface area (Å²) in [6.07, 6.45) is 16.4. The van der Waals surface area contributed by atoms with Crippen molar-refractivity contribution >= 4 is 0 Å². The third-order valence-corrected chi connectivity index (χ3v) is 10.9. The zero-order valence-corrected chi connectivity index (χ0v) is 29.5. The normalized spacial score (nSPS) is 15.3. The molecule has 3 aromatic heterocycles. The molecule has 0 fully saturated rings. The number of allylic oxidation sites excluding steroid dienone is 4. The number of hydrogen-bond donors (Lipinski definition) is 0. The molecule has 0 spiro atoms. The van der Waals surface area contributed by atoms with E-state index in [0.29, 0.717) is 11.8 Å². The van der Waals surface area contributed by atoms with Crippen LogP contribution in [0.25, 0.3) is 78.1 Å². The molecule has 0 saturated carbocycles. The Bertz CT molecular complexity index is 2670. The first-order valence-corrected chi connectivity index (χ1v) is 18.5. The van der Waals surface area contributed by atoms with E-state index >= 15 is 0 Å². The van der Waals surface area contributed by atoms with E-state index in [4.69, 9.17) is 4.98 Å². The SMILES string of the molecule is C1=CC2c3ccccc3-c3ccc(-c4ccccc4-c4ccccc4-c4ccccc4-c4cc(-c5ccncc5)nc(-c5ccncc5)c4)cc3C2C=C1. The van der Waals surface area contributed by atoms with Crippen molar-refractivity contribution in [2.24, 2.45) is 0 Å². The number of nitrogens with zero attached hydrogens (tertiary/aromatic N) is 3. The Morgan fingerprint density at radius 2 is 0.741 bits per heavy atom. The van der Waals surface area contributed by atoms with Crippen LogP contribution in [0.5, 0.6) is 0 Å². The standard InChI is InChI=1S/C51H35N3/c1-3-13-40(38(11-1)36-21-22-48-46-19-8-7-17-44(46)45-18-9-10-20-47(45)49(48)31-36)42-15-5-6-16-43(42)41-14-4-2-12-39(41)37-32-50(34-23-27-52-28-24-34)54-51(33-37)35-25-29-53-30-26-35/h1-33,45,47H. The van der Waals surface area contributed by atoms with Crippen LogP contribution in [0.4, 0.5) is 0 Å². The summed E-state index contributed by atoms with van der Waals surface area (Å²) in [5.41, 5.74) is 18.7. The second-order valence-electron chi connectivity index (χ2n) is 13.9. The van der Waals surface area contributed by atoms with E-state index < -0.39 is 0 Å². The highest BCUT2D eigenvalue weighted by Crippen LogP contribution is 2.51. The molecule has 2 aliphatic rings. The summed E-state index contributed by atoms with van der Waals surface area (Å²) in [6.45, 7) is 0. The summed E-state index contributed by atoms with van der Waals surface area (Å²) in [7, 11) is 0. The largest absolute Gasteiger partial charge is 0.265 e. The van der Waals surface area contributed by atoms with E-state index in [1.807, 2.05) is 49.1 Å². The van der Waals surface area contributed by atoms with Gasteiger partial charge in [-0.2, -0.15) is 0 Å². The highest BCUT2D eigenvalue weighted by Gasteiger charge is 2.32. The summed E-state index contributed by atoms with van der Waals surface area (Å²) in [6, 6.07) is 54.9. The van der Waals surface area contributed by atoms with E-state index in [-0.39, 0.29) is 0 Å². The lowest BCUT2D eigenvalue weighted by atomic mass is 9.69. The molecule has 54 heavy (non-hydrogen) atoms. The molecular weight excluding hydrogens is 655 g/mol. The Hall–Kier alpha value is -6.97. The fourth-order valence-electron chi connectivity index (χ4n) is 8.41. The van der Waals surface area contributed by atoms with Gasteiger partial charge in [0.2, 0.25) is 0 Å². The lowest BCUT2D eigenvalue weighted by Gasteiger charge is -2.34. The fraction of sp³-hybridized carbons (Fsp3) is 0.0392. The summed E-state index contributed by atoms with van der Waals surface area (Å²) < 4.78 is 0. The van der Waals surface area contributed by atoms with Crippen LogP contribution in [0.3, 0.4) is 0 Å². The predicted molar refractivity (Wildman–Crippen MR) is 222 cm³/mol. The molecule has 254 valence electrons. The van der Waals surface area contributed by atoms with Gasteiger partial charge in [0.15, 0.2) is 0 Å². The van der Waals surface area contributed by atoms with Gasteiger partial charge in [-0.3, -0.25) is 9.97 Å². The zero-order valence-electron chi connectivity index (χ0n) is 29.5. The molecule has 0 radical (unpaired) electrons. The molecular formula is C51H35N3. The lowest BCUT2D eigenvalue weighted by molar-refractivity contribution is 0.720. The van der Waals surface area contributed by atoms with Gasteiger partial charge in [-0.25, -0.2) is 4.98 Å². The number of aromatic nitrogens is 3. The maximum absolute atomic E-state index is 5.12. The zero-order chi connectivity index (χ0) is 35.8.